The van der Waals surface area contributed by atoms with Gasteiger partial charge in [0, 0.05) is 18.5 Å². The van der Waals surface area contributed by atoms with Crippen LogP contribution in [0.3, 0.4) is 0 Å². The lowest BCUT2D eigenvalue weighted by Gasteiger charge is -2.31. The van der Waals surface area contributed by atoms with Gasteiger partial charge >= 0.3 is 5.97 Å². The second-order valence-corrected chi connectivity index (χ2v) is 11.0. The number of hydrogen-bond donors (Lipinski definition) is 2. The standard InChI is InChI=1S/C31H44FNO4/c1-5-36-30(35)13-9-8-12-26-18-27(32)14-15-29(26)22(2)37-21-28(34)20-33-31(3,4)19-23-16-24-10-6-7-11-25(24)17-23/h6-7,10-11,14-15,18,22-23,28,33-34H,5,8-9,12-13,16-17,19-21H2,1-4H3/t22-,28-/m1/s1. The van der Waals surface area contributed by atoms with Crippen LogP contribution in [0, 0.1) is 11.7 Å². The van der Waals surface area contributed by atoms with Gasteiger partial charge in [-0.1, -0.05) is 30.3 Å². The van der Waals surface area contributed by atoms with Crippen LogP contribution in [0.1, 0.15) is 81.7 Å². The number of halogens is 1. The van der Waals surface area contributed by atoms with Crippen LogP contribution in [-0.2, 0) is 33.5 Å². The molecule has 204 valence electrons. The molecule has 6 heteroatoms. The van der Waals surface area contributed by atoms with E-state index in [9.17, 15) is 14.3 Å². The number of esters is 1. The lowest BCUT2D eigenvalue weighted by Crippen LogP contribution is -2.45. The van der Waals surface area contributed by atoms with Crippen molar-refractivity contribution in [2.24, 2.45) is 5.92 Å². The maximum atomic E-state index is 13.9. The predicted octanol–water partition coefficient (Wildman–Crippen LogP) is 5.71. The zero-order chi connectivity index (χ0) is 26.8. The van der Waals surface area contributed by atoms with E-state index in [-0.39, 0.29) is 30.0 Å². The summed E-state index contributed by atoms with van der Waals surface area (Å²) in [5, 5.41) is 14.1. The first kappa shape index (κ1) is 29.3. The normalized spacial score (nSPS) is 15.4. The van der Waals surface area contributed by atoms with Gasteiger partial charge in [0.05, 0.1) is 25.4 Å². The van der Waals surface area contributed by atoms with E-state index in [1.54, 1.807) is 19.1 Å². The van der Waals surface area contributed by atoms with Gasteiger partial charge in [-0.3, -0.25) is 4.79 Å². The van der Waals surface area contributed by atoms with Gasteiger partial charge in [-0.05, 0) is 107 Å². The number of fused-ring (bicyclic) bond motifs is 1. The molecule has 0 saturated heterocycles. The first-order valence-corrected chi connectivity index (χ1v) is 13.7. The number of ether oxygens (including phenoxy) is 2. The van der Waals surface area contributed by atoms with Crippen molar-refractivity contribution in [3.05, 3.63) is 70.5 Å². The SMILES string of the molecule is CCOC(=O)CCCCc1cc(F)ccc1[C@@H](C)OC[C@H](O)CNC(C)(C)CC1Cc2ccccc2C1. The molecule has 0 unspecified atom stereocenters. The molecule has 0 fully saturated rings. The number of carbonyl (C=O) groups excluding carboxylic acids is 1. The Bertz CT molecular complexity index is 983. The van der Waals surface area contributed by atoms with E-state index in [1.807, 2.05) is 6.92 Å². The van der Waals surface area contributed by atoms with Crippen molar-refractivity contribution in [1.82, 2.24) is 5.32 Å². The number of β-amino-alcohol motifs (C(OH)–C–C–N with tert-alkyl or cyclic N) is 1. The van der Waals surface area contributed by atoms with Gasteiger partial charge in [-0.2, -0.15) is 0 Å². The summed E-state index contributed by atoms with van der Waals surface area (Å²) in [5.41, 5.74) is 4.63. The Labute approximate surface area is 221 Å². The van der Waals surface area contributed by atoms with Crippen LogP contribution >= 0.6 is 0 Å². The smallest absolute Gasteiger partial charge is 0.305 e. The minimum Gasteiger partial charge on any atom is -0.466 e. The highest BCUT2D eigenvalue weighted by molar-refractivity contribution is 5.69. The molecule has 2 aromatic carbocycles. The van der Waals surface area contributed by atoms with E-state index in [1.165, 1.54) is 17.2 Å². The molecule has 0 saturated carbocycles. The summed E-state index contributed by atoms with van der Waals surface area (Å²) in [5.74, 6) is 0.133. The Kier molecular flexibility index (Phi) is 11.1. The Morgan fingerprint density at radius 1 is 1.16 bits per heavy atom. The molecular weight excluding hydrogens is 469 g/mol. The average molecular weight is 514 g/mol. The number of unbranched alkanes of at least 4 members (excludes halogenated alkanes) is 1. The molecule has 1 aliphatic rings. The summed E-state index contributed by atoms with van der Waals surface area (Å²) in [7, 11) is 0. The molecule has 5 nitrogen and oxygen atoms in total. The fourth-order valence-electron chi connectivity index (χ4n) is 5.39. The van der Waals surface area contributed by atoms with E-state index in [2.05, 4.69) is 43.4 Å². The topological polar surface area (TPSA) is 67.8 Å². The van der Waals surface area contributed by atoms with E-state index in [0.717, 1.165) is 36.8 Å². The van der Waals surface area contributed by atoms with Crippen LogP contribution in [0.15, 0.2) is 42.5 Å². The van der Waals surface area contributed by atoms with Gasteiger partial charge in [0.1, 0.15) is 5.82 Å². The van der Waals surface area contributed by atoms with Crippen LogP contribution < -0.4 is 5.32 Å². The zero-order valence-electron chi connectivity index (χ0n) is 22.9. The minimum absolute atomic E-state index is 0.0903. The van der Waals surface area contributed by atoms with Crippen LogP contribution in [0.5, 0.6) is 0 Å². The fourth-order valence-corrected chi connectivity index (χ4v) is 5.39. The van der Waals surface area contributed by atoms with Crippen molar-refractivity contribution >= 4 is 5.97 Å². The number of aryl methyl sites for hydroxylation is 1. The summed E-state index contributed by atoms with van der Waals surface area (Å²) < 4.78 is 24.9. The maximum absolute atomic E-state index is 13.9. The van der Waals surface area contributed by atoms with Gasteiger partial charge in [0.2, 0.25) is 0 Å². The second-order valence-electron chi connectivity index (χ2n) is 11.0. The summed E-state index contributed by atoms with van der Waals surface area (Å²) in [6, 6.07) is 13.4. The fraction of sp³-hybridized carbons (Fsp3) is 0.581. The third-order valence-corrected chi connectivity index (χ3v) is 7.21. The molecule has 0 aliphatic heterocycles. The average Bonchev–Trinajstić information content (AvgIpc) is 3.25. The molecule has 37 heavy (non-hydrogen) atoms. The zero-order valence-corrected chi connectivity index (χ0v) is 22.9. The highest BCUT2D eigenvalue weighted by atomic mass is 19.1. The Morgan fingerprint density at radius 2 is 1.86 bits per heavy atom. The first-order chi connectivity index (χ1) is 17.7. The number of aliphatic hydroxyl groups is 1. The van der Waals surface area contributed by atoms with Gasteiger partial charge in [0.25, 0.3) is 0 Å². The van der Waals surface area contributed by atoms with Gasteiger partial charge < -0.3 is 19.9 Å². The van der Waals surface area contributed by atoms with E-state index in [4.69, 9.17) is 9.47 Å². The van der Waals surface area contributed by atoms with E-state index in [0.29, 0.717) is 38.3 Å². The number of hydrogen-bond acceptors (Lipinski definition) is 5. The molecule has 0 heterocycles. The van der Waals surface area contributed by atoms with Crippen molar-refractivity contribution in [3.63, 3.8) is 0 Å². The summed E-state index contributed by atoms with van der Waals surface area (Å²) in [6.45, 7) is 9.13. The molecule has 0 bridgehead atoms. The van der Waals surface area contributed by atoms with Crippen LogP contribution in [0.4, 0.5) is 4.39 Å². The van der Waals surface area contributed by atoms with Gasteiger partial charge in [-0.15, -0.1) is 0 Å². The number of benzene rings is 2. The van der Waals surface area contributed by atoms with Crippen LogP contribution in [0.25, 0.3) is 0 Å². The van der Waals surface area contributed by atoms with Crippen molar-refractivity contribution < 1.29 is 23.8 Å². The lowest BCUT2D eigenvalue weighted by molar-refractivity contribution is -0.143. The Hall–Kier alpha value is -2.28. The lowest BCUT2D eigenvalue weighted by atomic mass is 9.88. The van der Waals surface area contributed by atoms with Gasteiger partial charge in [0.15, 0.2) is 0 Å². The maximum Gasteiger partial charge on any atom is 0.305 e. The third kappa shape index (κ3) is 9.51. The third-order valence-electron chi connectivity index (χ3n) is 7.21. The molecule has 2 atom stereocenters. The monoisotopic (exact) mass is 513 g/mol. The summed E-state index contributed by atoms with van der Waals surface area (Å²) in [6.07, 6.45) is 4.84. The quantitative estimate of drug-likeness (QED) is 0.236. The first-order valence-electron chi connectivity index (χ1n) is 13.7. The highest BCUT2D eigenvalue weighted by Crippen LogP contribution is 2.32. The Balaban J connectivity index is 1.42. The molecule has 0 aromatic heterocycles. The summed E-state index contributed by atoms with van der Waals surface area (Å²) in [4.78, 5) is 11.5. The van der Waals surface area contributed by atoms with Crippen molar-refractivity contribution in [2.75, 3.05) is 19.8 Å². The van der Waals surface area contributed by atoms with Crippen molar-refractivity contribution in [2.45, 2.75) is 90.4 Å². The molecule has 0 amide bonds. The van der Waals surface area contributed by atoms with Crippen molar-refractivity contribution in [1.29, 1.82) is 0 Å². The van der Waals surface area contributed by atoms with Crippen LogP contribution in [-0.4, -0.2) is 42.5 Å². The van der Waals surface area contributed by atoms with Crippen molar-refractivity contribution in [3.8, 4) is 0 Å². The predicted molar refractivity (Wildman–Crippen MR) is 145 cm³/mol. The van der Waals surface area contributed by atoms with Gasteiger partial charge in [-0.25, -0.2) is 4.39 Å². The largest absolute Gasteiger partial charge is 0.466 e. The molecule has 2 N–H and O–H groups in total. The minimum atomic E-state index is -0.643. The molecule has 0 spiro atoms. The number of nitrogens with one attached hydrogen (secondary N) is 1. The highest BCUT2D eigenvalue weighted by Gasteiger charge is 2.28. The number of carbonyl (C=O) groups is 1. The second kappa shape index (κ2) is 14.0. The molecule has 1 aliphatic carbocycles. The summed E-state index contributed by atoms with van der Waals surface area (Å²) >= 11 is 0. The Morgan fingerprint density at radius 3 is 2.54 bits per heavy atom. The molecule has 2 aromatic rings. The molecule has 3 rings (SSSR count). The molecule has 0 radical (unpaired) electrons. The van der Waals surface area contributed by atoms with E-state index >= 15 is 0 Å². The number of rotatable bonds is 15. The number of aliphatic hydroxyl groups excluding tert-OH is 1. The van der Waals surface area contributed by atoms with E-state index < -0.39 is 6.10 Å². The molecular formula is C31H44FNO4. The van der Waals surface area contributed by atoms with Crippen LogP contribution in [0.2, 0.25) is 0 Å².